The van der Waals surface area contributed by atoms with Crippen molar-refractivity contribution in [2.75, 3.05) is 13.1 Å². The van der Waals surface area contributed by atoms with Crippen molar-refractivity contribution in [2.24, 2.45) is 0 Å². The van der Waals surface area contributed by atoms with E-state index < -0.39 is 11.6 Å². The van der Waals surface area contributed by atoms with Crippen molar-refractivity contribution in [1.82, 2.24) is 10.2 Å². The van der Waals surface area contributed by atoms with Crippen LogP contribution < -0.4 is 5.32 Å². The SMILES string of the molecule is O=C(C1=CNC(C#Cc2ccc(F)cc2F)S1)N1CCCCC1. The van der Waals surface area contributed by atoms with Crippen LogP contribution >= 0.6 is 11.8 Å². The maximum Gasteiger partial charge on any atom is 0.261 e. The highest BCUT2D eigenvalue weighted by Crippen LogP contribution is 2.28. The highest BCUT2D eigenvalue weighted by molar-refractivity contribution is 8.05. The van der Waals surface area contributed by atoms with Crippen LogP contribution in [0.1, 0.15) is 24.8 Å². The van der Waals surface area contributed by atoms with Gasteiger partial charge in [0.2, 0.25) is 0 Å². The Bertz CT molecular complexity index is 702. The number of likely N-dealkylation sites (tertiary alicyclic amines) is 1. The fourth-order valence-electron chi connectivity index (χ4n) is 2.52. The summed E-state index contributed by atoms with van der Waals surface area (Å²) in [5, 5.41) is 2.71. The second kappa shape index (κ2) is 7.05. The molecule has 1 aromatic rings. The van der Waals surface area contributed by atoms with Crippen LogP contribution in [0.5, 0.6) is 0 Å². The Balaban J connectivity index is 1.61. The quantitative estimate of drug-likeness (QED) is 0.802. The van der Waals surface area contributed by atoms with Crippen molar-refractivity contribution in [3.63, 3.8) is 0 Å². The van der Waals surface area contributed by atoms with Crippen LogP contribution in [0.3, 0.4) is 0 Å². The monoisotopic (exact) mass is 334 g/mol. The van der Waals surface area contributed by atoms with Gasteiger partial charge in [0, 0.05) is 25.4 Å². The number of nitrogens with zero attached hydrogens (tertiary/aromatic N) is 1. The lowest BCUT2D eigenvalue weighted by Crippen LogP contribution is -2.35. The summed E-state index contributed by atoms with van der Waals surface area (Å²) in [6, 6.07) is 3.29. The van der Waals surface area contributed by atoms with Crippen LogP contribution in [0.2, 0.25) is 0 Å². The Morgan fingerprint density at radius 1 is 1.26 bits per heavy atom. The van der Waals surface area contributed by atoms with Crippen molar-refractivity contribution in [1.29, 1.82) is 0 Å². The van der Waals surface area contributed by atoms with Gasteiger partial charge in [0.1, 0.15) is 17.0 Å². The maximum atomic E-state index is 13.5. The number of benzene rings is 1. The first-order valence-corrected chi connectivity index (χ1v) is 8.40. The minimum atomic E-state index is -0.682. The van der Waals surface area contributed by atoms with Gasteiger partial charge in [-0.1, -0.05) is 23.6 Å². The second-order valence-corrected chi connectivity index (χ2v) is 6.57. The highest BCUT2D eigenvalue weighted by Gasteiger charge is 2.26. The first-order chi connectivity index (χ1) is 11.1. The molecule has 120 valence electrons. The number of thioether (sulfide) groups is 1. The number of halogens is 2. The lowest BCUT2D eigenvalue weighted by atomic mass is 10.1. The third-order valence-electron chi connectivity index (χ3n) is 3.73. The molecule has 23 heavy (non-hydrogen) atoms. The Kier molecular flexibility index (Phi) is 4.87. The minimum absolute atomic E-state index is 0.0273. The summed E-state index contributed by atoms with van der Waals surface area (Å²) in [5.74, 6) is 4.27. The van der Waals surface area contributed by atoms with E-state index in [1.807, 2.05) is 4.90 Å². The second-order valence-electron chi connectivity index (χ2n) is 5.42. The van der Waals surface area contributed by atoms with Crippen LogP contribution in [0.15, 0.2) is 29.3 Å². The van der Waals surface area contributed by atoms with Gasteiger partial charge in [-0.3, -0.25) is 4.79 Å². The summed E-state index contributed by atoms with van der Waals surface area (Å²) in [5.41, 5.74) is 0.143. The van der Waals surface area contributed by atoms with Gasteiger partial charge in [0.15, 0.2) is 0 Å². The Morgan fingerprint density at radius 2 is 2.04 bits per heavy atom. The number of nitrogens with one attached hydrogen (secondary N) is 1. The van der Waals surface area contributed by atoms with Crippen molar-refractivity contribution in [3.8, 4) is 11.8 Å². The summed E-state index contributed by atoms with van der Waals surface area (Å²) in [7, 11) is 0. The van der Waals surface area contributed by atoms with Gasteiger partial charge < -0.3 is 10.2 Å². The van der Waals surface area contributed by atoms with Crippen molar-refractivity contribution in [3.05, 3.63) is 46.5 Å². The molecule has 2 aliphatic rings. The lowest BCUT2D eigenvalue weighted by Gasteiger charge is -2.26. The number of carbonyl (C=O) groups excluding carboxylic acids is 1. The Labute approximate surface area is 138 Å². The minimum Gasteiger partial charge on any atom is -0.368 e. The molecule has 1 unspecified atom stereocenters. The molecule has 2 aliphatic heterocycles. The molecule has 1 fully saturated rings. The van der Waals surface area contributed by atoms with E-state index in [0.29, 0.717) is 4.91 Å². The van der Waals surface area contributed by atoms with Crippen LogP contribution in [0.25, 0.3) is 0 Å². The van der Waals surface area contributed by atoms with Crippen molar-refractivity contribution < 1.29 is 13.6 Å². The van der Waals surface area contributed by atoms with E-state index in [9.17, 15) is 13.6 Å². The van der Waals surface area contributed by atoms with Crippen molar-refractivity contribution >= 4 is 17.7 Å². The fraction of sp³-hybridized carbons (Fsp3) is 0.353. The Morgan fingerprint density at radius 3 is 2.78 bits per heavy atom. The van der Waals surface area contributed by atoms with E-state index in [1.54, 1.807) is 6.20 Å². The van der Waals surface area contributed by atoms with Gasteiger partial charge in [-0.2, -0.15) is 0 Å². The molecule has 3 nitrogen and oxygen atoms in total. The zero-order chi connectivity index (χ0) is 16.2. The van der Waals surface area contributed by atoms with Gasteiger partial charge in [-0.25, -0.2) is 8.78 Å². The number of rotatable bonds is 1. The molecular formula is C17H16F2N2OS. The van der Waals surface area contributed by atoms with E-state index >= 15 is 0 Å². The van der Waals surface area contributed by atoms with E-state index in [-0.39, 0.29) is 16.8 Å². The topological polar surface area (TPSA) is 32.3 Å². The number of hydrogen-bond donors (Lipinski definition) is 1. The van der Waals surface area contributed by atoms with Gasteiger partial charge >= 0.3 is 0 Å². The summed E-state index contributed by atoms with van der Waals surface area (Å²) < 4.78 is 26.4. The molecule has 0 aromatic heterocycles. The van der Waals surface area contributed by atoms with Gasteiger partial charge in [0.25, 0.3) is 5.91 Å². The average molecular weight is 334 g/mol. The molecule has 1 N–H and O–H groups in total. The van der Waals surface area contributed by atoms with E-state index in [4.69, 9.17) is 0 Å². The van der Waals surface area contributed by atoms with Gasteiger partial charge in [-0.15, -0.1) is 0 Å². The molecule has 0 saturated carbocycles. The molecule has 2 heterocycles. The zero-order valence-electron chi connectivity index (χ0n) is 12.4. The zero-order valence-corrected chi connectivity index (χ0v) is 13.3. The third kappa shape index (κ3) is 3.85. The predicted octanol–water partition coefficient (Wildman–Crippen LogP) is 2.83. The predicted molar refractivity (Wildman–Crippen MR) is 86.3 cm³/mol. The molecule has 0 aliphatic carbocycles. The third-order valence-corrected chi connectivity index (χ3v) is 4.77. The molecule has 1 aromatic carbocycles. The first kappa shape index (κ1) is 15.9. The molecule has 1 amide bonds. The number of carbonyl (C=O) groups is 1. The highest BCUT2D eigenvalue weighted by atomic mass is 32.2. The van der Waals surface area contributed by atoms with E-state index in [2.05, 4.69) is 17.2 Å². The molecule has 3 rings (SSSR count). The molecule has 0 spiro atoms. The summed E-state index contributed by atoms with van der Waals surface area (Å²) in [6.07, 6.45) is 4.93. The molecule has 1 atom stereocenters. The average Bonchev–Trinajstić information content (AvgIpc) is 3.03. The van der Waals surface area contributed by atoms with Crippen LogP contribution in [0, 0.1) is 23.5 Å². The van der Waals surface area contributed by atoms with E-state index in [0.717, 1.165) is 32.0 Å². The summed E-state index contributed by atoms with van der Waals surface area (Å²) in [6.45, 7) is 1.60. The van der Waals surface area contributed by atoms with Crippen LogP contribution in [0.4, 0.5) is 8.78 Å². The Hall–Kier alpha value is -2.00. The molecular weight excluding hydrogens is 318 g/mol. The van der Waals surface area contributed by atoms with Crippen LogP contribution in [-0.2, 0) is 4.79 Å². The number of hydrogen-bond acceptors (Lipinski definition) is 3. The normalized spacial score (nSPS) is 20.3. The molecule has 0 radical (unpaired) electrons. The smallest absolute Gasteiger partial charge is 0.261 e. The van der Waals surface area contributed by atoms with Gasteiger partial charge in [-0.05, 0) is 31.4 Å². The first-order valence-electron chi connectivity index (χ1n) is 7.52. The summed E-state index contributed by atoms with van der Waals surface area (Å²) >= 11 is 1.33. The largest absolute Gasteiger partial charge is 0.368 e. The maximum absolute atomic E-state index is 13.5. The van der Waals surface area contributed by atoms with Crippen LogP contribution in [-0.4, -0.2) is 29.3 Å². The number of amides is 1. The van der Waals surface area contributed by atoms with Gasteiger partial charge in [0.05, 0.1) is 10.5 Å². The fourth-order valence-corrected chi connectivity index (χ4v) is 3.39. The molecule has 1 saturated heterocycles. The molecule has 0 bridgehead atoms. The lowest BCUT2D eigenvalue weighted by molar-refractivity contribution is -0.127. The molecule has 6 heteroatoms. The standard InChI is InChI=1S/C17H16F2N2OS/c18-13-6-4-12(14(19)10-13)5-7-16-20-11-15(23-16)17(22)21-8-2-1-3-9-21/h4,6,10-11,16,20H,1-3,8-9H2. The number of piperidine rings is 1. The summed E-state index contributed by atoms with van der Waals surface area (Å²) in [4.78, 5) is 14.8. The van der Waals surface area contributed by atoms with E-state index in [1.165, 1.54) is 30.3 Å². The van der Waals surface area contributed by atoms with Crippen molar-refractivity contribution in [2.45, 2.75) is 24.6 Å².